The Morgan fingerprint density at radius 3 is 2.05 bits per heavy atom. The summed E-state index contributed by atoms with van der Waals surface area (Å²) >= 11 is 0. The highest BCUT2D eigenvalue weighted by Gasteiger charge is 2.30. The second kappa shape index (κ2) is 5.40. The monoisotopic (exact) mass is 283 g/mol. The average molecular weight is 283 g/mol. The van der Waals surface area contributed by atoms with E-state index in [1.165, 1.54) is 26.4 Å². The quantitative estimate of drug-likeness (QED) is 0.859. The molecule has 0 amide bonds. The number of ether oxygens (including phenoxy) is 2. The van der Waals surface area contributed by atoms with Gasteiger partial charge in [-0.1, -0.05) is 12.1 Å². The van der Waals surface area contributed by atoms with Crippen LogP contribution in [0.2, 0.25) is 0 Å². The molecule has 0 fully saturated rings. The van der Waals surface area contributed by atoms with Gasteiger partial charge in [0.15, 0.2) is 0 Å². The van der Waals surface area contributed by atoms with Crippen LogP contribution in [-0.4, -0.2) is 19.2 Å². The first kappa shape index (κ1) is 14.2. The Morgan fingerprint density at radius 1 is 0.900 bits per heavy atom. The number of methoxy groups -OCH3 is 2. The molecule has 0 aliphatic carbocycles. The molecule has 0 unspecified atom stereocenters. The van der Waals surface area contributed by atoms with Gasteiger partial charge >= 0.3 is 6.18 Å². The molecule has 1 heterocycles. The molecule has 3 nitrogen and oxygen atoms in total. The number of hydrogen-bond acceptors (Lipinski definition) is 3. The van der Waals surface area contributed by atoms with Gasteiger partial charge in [-0.15, -0.1) is 0 Å². The van der Waals surface area contributed by atoms with Gasteiger partial charge in [-0.2, -0.15) is 18.2 Å². The van der Waals surface area contributed by atoms with Gasteiger partial charge in [0.05, 0.1) is 19.8 Å². The molecule has 0 bridgehead atoms. The van der Waals surface area contributed by atoms with Crippen LogP contribution in [0.4, 0.5) is 13.2 Å². The molecule has 106 valence electrons. The lowest BCUT2D eigenvalue weighted by Crippen LogP contribution is -2.04. The van der Waals surface area contributed by atoms with E-state index in [1.807, 2.05) is 0 Å². The number of hydrogen-bond donors (Lipinski definition) is 0. The van der Waals surface area contributed by atoms with E-state index < -0.39 is 11.7 Å². The van der Waals surface area contributed by atoms with Crippen LogP contribution in [0.5, 0.6) is 11.8 Å². The maximum Gasteiger partial charge on any atom is 0.416 e. The van der Waals surface area contributed by atoms with Crippen LogP contribution in [0.25, 0.3) is 11.1 Å². The van der Waals surface area contributed by atoms with Crippen molar-refractivity contribution in [1.29, 1.82) is 0 Å². The Morgan fingerprint density at radius 2 is 1.55 bits per heavy atom. The standard InChI is InChI=1S/C14H12F3NO2/c1-19-12-8-7-11(13(18-12)20-2)9-3-5-10(6-4-9)14(15,16)17/h3-8H,1-2H3. The molecule has 1 aromatic heterocycles. The minimum Gasteiger partial charge on any atom is -0.481 e. The van der Waals surface area contributed by atoms with Crippen LogP contribution in [0.15, 0.2) is 36.4 Å². The number of halogens is 3. The zero-order valence-corrected chi connectivity index (χ0v) is 10.9. The lowest BCUT2D eigenvalue weighted by atomic mass is 10.0. The van der Waals surface area contributed by atoms with Crippen molar-refractivity contribution >= 4 is 0 Å². The topological polar surface area (TPSA) is 31.4 Å². The number of pyridine rings is 1. The largest absolute Gasteiger partial charge is 0.481 e. The summed E-state index contributed by atoms with van der Waals surface area (Å²) in [6, 6.07) is 8.13. The van der Waals surface area contributed by atoms with Crippen molar-refractivity contribution in [3.05, 3.63) is 42.0 Å². The SMILES string of the molecule is COc1ccc(-c2ccc(C(F)(F)F)cc2)c(OC)n1. The Kier molecular flexibility index (Phi) is 3.83. The molecule has 0 N–H and O–H groups in total. The smallest absolute Gasteiger partial charge is 0.416 e. The first-order valence-corrected chi connectivity index (χ1v) is 5.72. The molecule has 0 saturated heterocycles. The van der Waals surface area contributed by atoms with E-state index in [-0.39, 0.29) is 0 Å². The van der Waals surface area contributed by atoms with Gasteiger partial charge in [0, 0.05) is 11.6 Å². The van der Waals surface area contributed by atoms with Crippen molar-refractivity contribution in [2.24, 2.45) is 0 Å². The van der Waals surface area contributed by atoms with Crippen molar-refractivity contribution in [1.82, 2.24) is 4.98 Å². The molecule has 0 aliphatic rings. The highest BCUT2D eigenvalue weighted by Crippen LogP contribution is 2.34. The Balaban J connectivity index is 2.41. The molecule has 2 rings (SSSR count). The van der Waals surface area contributed by atoms with Crippen LogP contribution in [0.1, 0.15) is 5.56 Å². The molecule has 6 heteroatoms. The number of aromatic nitrogens is 1. The van der Waals surface area contributed by atoms with Crippen molar-refractivity contribution in [2.45, 2.75) is 6.18 Å². The molecule has 0 atom stereocenters. The van der Waals surface area contributed by atoms with Crippen molar-refractivity contribution in [2.75, 3.05) is 14.2 Å². The van der Waals surface area contributed by atoms with Crippen molar-refractivity contribution < 1.29 is 22.6 Å². The normalized spacial score (nSPS) is 11.2. The summed E-state index contributed by atoms with van der Waals surface area (Å²) in [6.07, 6.45) is -4.35. The van der Waals surface area contributed by atoms with Crippen LogP contribution in [0, 0.1) is 0 Å². The lowest BCUT2D eigenvalue weighted by molar-refractivity contribution is -0.137. The lowest BCUT2D eigenvalue weighted by Gasteiger charge is -2.11. The third-order valence-electron chi connectivity index (χ3n) is 2.76. The second-order valence-electron chi connectivity index (χ2n) is 3.99. The van der Waals surface area contributed by atoms with E-state index in [4.69, 9.17) is 9.47 Å². The van der Waals surface area contributed by atoms with Crippen molar-refractivity contribution in [3.63, 3.8) is 0 Å². The third kappa shape index (κ3) is 2.84. The summed E-state index contributed by atoms with van der Waals surface area (Å²) in [7, 11) is 2.91. The van der Waals surface area contributed by atoms with E-state index >= 15 is 0 Å². The fourth-order valence-corrected chi connectivity index (χ4v) is 1.75. The van der Waals surface area contributed by atoms with E-state index in [9.17, 15) is 13.2 Å². The summed E-state index contributed by atoms with van der Waals surface area (Å²) in [5.41, 5.74) is 0.494. The summed E-state index contributed by atoms with van der Waals surface area (Å²) in [6.45, 7) is 0. The first-order chi connectivity index (χ1) is 9.45. The highest BCUT2D eigenvalue weighted by molar-refractivity contribution is 5.69. The molecule has 20 heavy (non-hydrogen) atoms. The van der Waals surface area contributed by atoms with Gasteiger partial charge < -0.3 is 9.47 Å². The molecular weight excluding hydrogens is 271 g/mol. The maximum atomic E-state index is 12.5. The molecule has 2 aromatic rings. The molecule has 0 radical (unpaired) electrons. The summed E-state index contributed by atoms with van der Waals surface area (Å²) in [5.74, 6) is 0.668. The summed E-state index contributed by atoms with van der Waals surface area (Å²) in [4.78, 5) is 4.09. The molecular formula is C14H12F3NO2. The predicted octanol–water partition coefficient (Wildman–Crippen LogP) is 3.78. The third-order valence-corrected chi connectivity index (χ3v) is 2.76. The Bertz CT molecular complexity index is 594. The van der Waals surface area contributed by atoms with Gasteiger partial charge in [0.1, 0.15) is 0 Å². The fraction of sp³-hybridized carbons (Fsp3) is 0.214. The van der Waals surface area contributed by atoms with Crippen LogP contribution < -0.4 is 9.47 Å². The number of benzene rings is 1. The molecule has 0 saturated carbocycles. The maximum absolute atomic E-state index is 12.5. The van der Waals surface area contributed by atoms with E-state index in [2.05, 4.69) is 4.98 Å². The number of nitrogens with zero attached hydrogens (tertiary/aromatic N) is 1. The minimum absolute atomic E-state index is 0.295. The van der Waals surface area contributed by atoms with E-state index in [0.717, 1.165) is 12.1 Å². The van der Waals surface area contributed by atoms with Crippen molar-refractivity contribution in [3.8, 4) is 22.9 Å². The van der Waals surface area contributed by atoms with Gasteiger partial charge in [-0.3, -0.25) is 0 Å². The van der Waals surface area contributed by atoms with Crippen LogP contribution in [0.3, 0.4) is 0 Å². The van der Waals surface area contributed by atoms with E-state index in [1.54, 1.807) is 12.1 Å². The molecule has 0 spiro atoms. The van der Waals surface area contributed by atoms with Gasteiger partial charge in [0.2, 0.25) is 11.8 Å². The molecule has 0 aliphatic heterocycles. The zero-order valence-electron chi connectivity index (χ0n) is 10.9. The van der Waals surface area contributed by atoms with E-state index in [0.29, 0.717) is 22.9 Å². The Labute approximate surface area is 114 Å². The Hall–Kier alpha value is -2.24. The predicted molar refractivity (Wildman–Crippen MR) is 67.8 cm³/mol. The summed E-state index contributed by atoms with van der Waals surface area (Å²) in [5, 5.41) is 0. The number of alkyl halides is 3. The summed E-state index contributed by atoms with van der Waals surface area (Å²) < 4.78 is 47.6. The second-order valence-corrected chi connectivity index (χ2v) is 3.99. The van der Waals surface area contributed by atoms with Gasteiger partial charge in [-0.25, -0.2) is 0 Å². The zero-order chi connectivity index (χ0) is 14.8. The van der Waals surface area contributed by atoms with Gasteiger partial charge in [-0.05, 0) is 23.8 Å². The van der Waals surface area contributed by atoms with Crippen LogP contribution >= 0.6 is 0 Å². The fourth-order valence-electron chi connectivity index (χ4n) is 1.75. The number of rotatable bonds is 3. The van der Waals surface area contributed by atoms with Gasteiger partial charge in [0.25, 0.3) is 0 Å². The van der Waals surface area contributed by atoms with Crippen LogP contribution in [-0.2, 0) is 6.18 Å². The first-order valence-electron chi connectivity index (χ1n) is 5.72. The average Bonchev–Trinajstić information content (AvgIpc) is 2.45. The minimum atomic E-state index is -4.35. The highest BCUT2D eigenvalue weighted by atomic mass is 19.4. The molecule has 1 aromatic carbocycles.